The second-order valence-electron chi connectivity index (χ2n) is 5.42. The van der Waals surface area contributed by atoms with Crippen molar-refractivity contribution in [3.8, 4) is 0 Å². The van der Waals surface area contributed by atoms with E-state index in [0.29, 0.717) is 0 Å². The summed E-state index contributed by atoms with van der Waals surface area (Å²) < 4.78 is 0. The number of hydrogen-bond acceptors (Lipinski definition) is 4. The normalized spacial score (nSPS) is 22.1. The van der Waals surface area contributed by atoms with E-state index in [-0.39, 0.29) is 0 Å². The van der Waals surface area contributed by atoms with Crippen LogP contribution in [0.3, 0.4) is 0 Å². The molecule has 2 heterocycles. The summed E-state index contributed by atoms with van der Waals surface area (Å²) in [5, 5.41) is 9.60. The number of rotatable bonds is 4. The van der Waals surface area contributed by atoms with Gasteiger partial charge in [-0.05, 0) is 50.6 Å². The summed E-state index contributed by atoms with van der Waals surface area (Å²) in [7, 11) is 4.25. The lowest BCUT2D eigenvalue weighted by Gasteiger charge is -2.22. The smallest absolute Gasteiger partial charge is 0.128 e. The largest absolute Gasteiger partial charge is 0.389 e. The van der Waals surface area contributed by atoms with Crippen LogP contribution in [-0.2, 0) is 0 Å². The molecule has 2 atom stereocenters. The molecule has 0 aliphatic carbocycles. The summed E-state index contributed by atoms with van der Waals surface area (Å²) in [6.07, 6.45) is 2.60. The summed E-state index contributed by atoms with van der Waals surface area (Å²) in [6.45, 7) is 5.17. The van der Waals surface area contributed by atoms with Crippen molar-refractivity contribution >= 4 is 5.82 Å². The molecule has 1 saturated heterocycles. The van der Waals surface area contributed by atoms with Crippen LogP contribution in [0.5, 0.6) is 0 Å². The Kier molecular flexibility index (Phi) is 4.19. The molecule has 0 bridgehead atoms. The molecule has 1 fully saturated rings. The summed E-state index contributed by atoms with van der Waals surface area (Å²) in [5.74, 6) is 1.67. The second-order valence-corrected chi connectivity index (χ2v) is 5.42. The molecule has 0 spiro atoms. The van der Waals surface area contributed by atoms with E-state index in [2.05, 4.69) is 28.9 Å². The van der Waals surface area contributed by atoms with Gasteiger partial charge in [0.05, 0.1) is 6.10 Å². The molecule has 1 aliphatic heterocycles. The van der Waals surface area contributed by atoms with Crippen molar-refractivity contribution in [2.45, 2.75) is 19.4 Å². The van der Waals surface area contributed by atoms with E-state index in [1.807, 2.05) is 12.1 Å². The lowest BCUT2D eigenvalue weighted by Crippen LogP contribution is -2.27. The first-order valence-corrected chi connectivity index (χ1v) is 6.60. The van der Waals surface area contributed by atoms with Crippen LogP contribution in [0.25, 0.3) is 0 Å². The molecule has 1 aromatic rings. The van der Waals surface area contributed by atoms with E-state index in [0.717, 1.165) is 23.8 Å². The standard InChI is InChI=1S/C14H23N3O/c1-11(18)13-4-6-15-14(8-13)17(3)10-12-5-7-16(2)9-12/h4,6,8,11-12,18H,5,7,9-10H2,1-3H3/t11-,12?/m0/s1. The van der Waals surface area contributed by atoms with Crippen LogP contribution in [0.4, 0.5) is 5.82 Å². The number of aliphatic hydroxyl groups is 1. The number of aliphatic hydroxyl groups excluding tert-OH is 1. The molecule has 0 aromatic carbocycles. The zero-order valence-electron chi connectivity index (χ0n) is 11.5. The van der Waals surface area contributed by atoms with Crippen molar-refractivity contribution in [3.05, 3.63) is 23.9 Å². The van der Waals surface area contributed by atoms with Crippen LogP contribution in [0, 0.1) is 5.92 Å². The zero-order valence-corrected chi connectivity index (χ0v) is 11.5. The molecule has 4 nitrogen and oxygen atoms in total. The van der Waals surface area contributed by atoms with Gasteiger partial charge in [-0.1, -0.05) is 0 Å². The topological polar surface area (TPSA) is 39.6 Å². The average molecular weight is 249 g/mol. The fourth-order valence-electron chi connectivity index (χ4n) is 2.56. The Labute approximate surface area is 109 Å². The lowest BCUT2D eigenvalue weighted by atomic mass is 10.1. The van der Waals surface area contributed by atoms with Crippen LogP contribution in [0.2, 0.25) is 0 Å². The van der Waals surface area contributed by atoms with Crippen LogP contribution < -0.4 is 4.90 Å². The number of nitrogens with zero attached hydrogens (tertiary/aromatic N) is 3. The summed E-state index contributed by atoms with van der Waals surface area (Å²) in [6, 6.07) is 3.84. The molecule has 1 unspecified atom stereocenters. The van der Waals surface area contributed by atoms with Crippen molar-refractivity contribution < 1.29 is 5.11 Å². The minimum absolute atomic E-state index is 0.433. The molecule has 1 aliphatic rings. The number of likely N-dealkylation sites (tertiary alicyclic amines) is 1. The fourth-order valence-corrected chi connectivity index (χ4v) is 2.56. The third-order valence-corrected chi connectivity index (χ3v) is 3.66. The van der Waals surface area contributed by atoms with Gasteiger partial charge in [0.2, 0.25) is 0 Å². The van der Waals surface area contributed by atoms with E-state index in [1.165, 1.54) is 19.5 Å². The van der Waals surface area contributed by atoms with Gasteiger partial charge in [0.15, 0.2) is 0 Å². The molecule has 1 N–H and O–H groups in total. The van der Waals surface area contributed by atoms with Crippen LogP contribution in [-0.4, -0.2) is 48.7 Å². The van der Waals surface area contributed by atoms with Crippen molar-refractivity contribution in [1.29, 1.82) is 0 Å². The monoisotopic (exact) mass is 249 g/mol. The molecule has 18 heavy (non-hydrogen) atoms. The third kappa shape index (κ3) is 3.21. The summed E-state index contributed by atoms with van der Waals surface area (Å²) in [5.41, 5.74) is 0.926. The number of anilines is 1. The molecule has 4 heteroatoms. The second kappa shape index (κ2) is 5.67. The van der Waals surface area contributed by atoms with Gasteiger partial charge < -0.3 is 14.9 Å². The van der Waals surface area contributed by atoms with Gasteiger partial charge in [-0.2, -0.15) is 0 Å². The number of pyridine rings is 1. The summed E-state index contributed by atoms with van der Waals surface area (Å²) in [4.78, 5) is 8.95. The van der Waals surface area contributed by atoms with E-state index in [4.69, 9.17) is 0 Å². The first-order valence-electron chi connectivity index (χ1n) is 6.60. The highest BCUT2D eigenvalue weighted by Crippen LogP contribution is 2.20. The highest BCUT2D eigenvalue weighted by atomic mass is 16.3. The molecular formula is C14H23N3O. The van der Waals surface area contributed by atoms with Gasteiger partial charge in [0.1, 0.15) is 5.82 Å². The predicted molar refractivity (Wildman–Crippen MR) is 73.7 cm³/mol. The Morgan fingerprint density at radius 1 is 1.61 bits per heavy atom. The minimum atomic E-state index is -0.433. The van der Waals surface area contributed by atoms with E-state index < -0.39 is 6.10 Å². The molecule has 100 valence electrons. The average Bonchev–Trinajstić information content (AvgIpc) is 2.75. The van der Waals surface area contributed by atoms with Gasteiger partial charge in [-0.15, -0.1) is 0 Å². The first kappa shape index (κ1) is 13.3. The van der Waals surface area contributed by atoms with Gasteiger partial charge in [0.25, 0.3) is 0 Å². The Bertz CT molecular complexity index is 394. The van der Waals surface area contributed by atoms with E-state index >= 15 is 0 Å². The van der Waals surface area contributed by atoms with Crippen molar-refractivity contribution in [2.24, 2.45) is 5.92 Å². The van der Waals surface area contributed by atoms with Gasteiger partial charge in [-0.25, -0.2) is 4.98 Å². The Morgan fingerprint density at radius 3 is 3.00 bits per heavy atom. The molecular weight excluding hydrogens is 226 g/mol. The molecule has 2 rings (SSSR count). The molecule has 0 amide bonds. The third-order valence-electron chi connectivity index (χ3n) is 3.66. The number of aromatic nitrogens is 1. The minimum Gasteiger partial charge on any atom is -0.389 e. The fraction of sp³-hybridized carbons (Fsp3) is 0.643. The van der Waals surface area contributed by atoms with Gasteiger partial charge in [-0.3, -0.25) is 0 Å². The highest BCUT2D eigenvalue weighted by Gasteiger charge is 2.21. The van der Waals surface area contributed by atoms with E-state index in [9.17, 15) is 5.11 Å². The maximum absolute atomic E-state index is 9.60. The Balaban J connectivity index is 2.00. The van der Waals surface area contributed by atoms with Crippen LogP contribution in [0.15, 0.2) is 18.3 Å². The Hall–Kier alpha value is -1.13. The van der Waals surface area contributed by atoms with E-state index in [1.54, 1.807) is 13.1 Å². The quantitative estimate of drug-likeness (QED) is 0.878. The zero-order chi connectivity index (χ0) is 13.1. The molecule has 0 saturated carbocycles. The van der Waals surface area contributed by atoms with Crippen molar-refractivity contribution in [2.75, 3.05) is 38.6 Å². The highest BCUT2D eigenvalue weighted by molar-refractivity contribution is 5.40. The van der Waals surface area contributed by atoms with Gasteiger partial charge in [0, 0.05) is 26.3 Å². The lowest BCUT2D eigenvalue weighted by molar-refractivity contribution is 0.199. The van der Waals surface area contributed by atoms with Crippen molar-refractivity contribution in [1.82, 2.24) is 9.88 Å². The Morgan fingerprint density at radius 2 is 2.39 bits per heavy atom. The molecule has 1 aromatic heterocycles. The maximum Gasteiger partial charge on any atom is 0.128 e. The predicted octanol–water partition coefficient (Wildman–Crippen LogP) is 1.52. The SMILES string of the molecule is C[C@H](O)c1ccnc(N(C)CC2CCN(C)C2)c1. The maximum atomic E-state index is 9.60. The van der Waals surface area contributed by atoms with Crippen LogP contribution >= 0.6 is 0 Å². The van der Waals surface area contributed by atoms with Crippen molar-refractivity contribution in [3.63, 3.8) is 0 Å². The first-order chi connectivity index (χ1) is 8.56. The summed E-state index contributed by atoms with van der Waals surface area (Å²) >= 11 is 0. The molecule has 0 radical (unpaired) electrons. The number of hydrogen-bond donors (Lipinski definition) is 1. The van der Waals surface area contributed by atoms with Gasteiger partial charge >= 0.3 is 0 Å². The van der Waals surface area contributed by atoms with Crippen LogP contribution in [0.1, 0.15) is 25.0 Å².